The third-order valence-electron chi connectivity index (χ3n) is 4.23. The fourth-order valence-corrected chi connectivity index (χ4v) is 3.06. The van der Waals surface area contributed by atoms with Gasteiger partial charge < -0.3 is 15.3 Å². The summed E-state index contributed by atoms with van der Waals surface area (Å²) in [6.07, 6.45) is 4.98. The van der Waals surface area contributed by atoms with E-state index in [1.54, 1.807) is 0 Å². The highest BCUT2D eigenvalue weighted by Gasteiger charge is 2.24. The Hall–Kier alpha value is 0.170. The first-order chi connectivity index (χ1) is 7.75. The van der Waals surface area contributed by atoms with Crippen molar-refractivity contribution in [2.45, 2.75) is 38.7 Å². The fraction of sp³-hybridized carbons (Fsp3) is 1.00. The Morgan fingerprint density at radius 3 is 2.53 bits per heavy atom. The Balaban J connectivity index is 0.00000144. The van der Waals surface area contributed by atoms with Gasteiger partial charge in [0.25, 0.3) is 0 Å². The molecular formula is C13H27ClN2O. The number of piperidine rings is 2. The standard InChI is InChI=1S/C13H26N2O.ClH/c1-11(16)13-4-7-15(8-5-13)10-12-3-2-6-14-9-12;/h11-14,16H,2-10H2,1H3;1H. The SMILES string of the molecule is CC(O)C1CCN(CC2CCCNC2)CC1.Cl. The molecule has 2 aliphatic rings. The third kappa shape index (κ3) is 4.74. The molecule has 0 spiro atoms. The number of aliphatic hydroxyl groups excluding tert-OH is 1. The first-order valence-corrected chi connectivity index (χ1v) is 6.87. The van der Waals surface area contributed by atoms with Crippen molar-refractivity contribution >= 4 is 12.4 Å². The Kier molecular flexibility index (Phi) is 6.78. The van der Waals surface area contributed by atoms with Gasteiger partial charge in [0.2, 0.25) is 0 Å². The third-order valence-corrected chi connectivity index (χ3v) is 4.23. The van der Waals surface area contributed by atoms with Gasteiger partial charge >= 0.3 is 0 Å². The quantitative estimate of drug-likeness (QED) is 0.809. The zero-order chi connectivity index (χ0) is 11.4. The molecule has 102 valence electrons. The largest absolute Gasteiger partial charge is 0.393 e. The van der Waals surface area contributed by atoms with E-state index >= 15 is 0 Å². The predicted molar refractivity (Wildman–Crippen MR) is 73.7 cm³/mol. The lowest BCUT2D eigenvalue weighted by Gasteiger charge is -2.36. The summed E-state index contributed by atoms with van der Waals surface area (Å²) in [7, 11) is 0. The molecular weight excluding hydrogens is 236 g/mol. The molecule has 0 saturated carbocycles. The second-order valence-corrected chi connectivity index (χ2v) is 5.59. The first kappa shape index (κ1) is 15.2. The summed E-state index contributed by atoms with van der Waals surface area (Å²) < 4.78 is 0. The topological polar surface area (TPSA) is 35.5 Å². The zero-order valence-corrected chi connectivity index (χ0v) is 11.7. The second-order valence-electron chi connectivity index (χ2n) is 5.59. The molecule has 2 saturated heterocycles. The van der Waals surface area contributed by atoms with E-state index in [9.17, 15) is 5.11 Å². The second kappa shape index (κ2) is 7.57. The zero-order valence-electron chi connectivity index (χ0n) is 10.9. The highest BCUT2D eigenvalue weighted by molar-refractivity contribution is 5.85. The van der Waals surface area contributed by atoms with Gasteiger partial charge in [0.1, 0.15) is 0 Å². The Labute approximate surface area is 111 Å². The van der Waals surface area contributed by atoms with Crippen LogP contribution >= 0.6 is 12.4 Å². The summed E-state index contributed by atoms with van der Waals surface area (Å²) >= 11 is 0. The molecule has 0 radical (unpaired) electrons. The molecule has 2 rings (SSSR count). The number of nitrogens with zero attached hydrogens (tertiary/aromatic N) is 1. The molecule has 2 N–H and O–H groups in total. The molecule has 4 heteroatoms. The average molecular weight is 263 g/mol. The van der Waals surface area contributed by atoms with Crippen LogP contribution < -0.4 is 5.32 Å². The summed E-state index contributed by atoms with van der Waals surface area (Å²) in [6, 6.07) is 0. The molecule has 0 aliphatic carbocycles. The molecule has 2 atom stereocenters. The Morgan fingerprint density at radius 1 is 1.29 bits per heavy atom. The molecule has 3 nitrogen and oxygen atoms in total. The van der Waals surface area contributed by atoms with Crippen LogP contribution in [0.1, 0.15) is 32.6 Å². The average Bonchev–Trinajstić information content (AvgIpc) is 2.31. The fourth-order valence-electron chi connectivity index (χ4n) is 3.06. The number of hydrogen-bond acceptors (Lipinski definition) is 3. The van der Waals surface area contributed by atoms with E-state index in [0.29, 0.717) is 5.92 Å². The maximum absolute atomic E-state index is 9.56. The van der Waals surface area contributed by atoms with E-state index in [1.165, 1.54) is 58.4 Å². The predicted octanol–water partition coefficient (Wildman–Crippen LogP) is 1.50. The molecule has 2 aliphatic heterocycles. The van der Waals surface area contributed by atoms with Gasteiger partial charge in [0.15, 0.2) is 0 Å². The summed E-state index contributed by atoms with van der Waals surface area (Å²) in [5.74, 6) is 1.40. The van der Waals surface area contributed by atoms with Crippen molar-refractivity contribution in [3.63, 3.8) is 0 Å². The minimum Gasteiger partial charge on any atom is -0.393 e. The minimum atomic E-state index is -0.113. The first-order valence-electron chi connectivity index (χ1n) is 6.87. The molecule has 0 aromatic carbocycles. The van der Waals surface area contributed by atoms with Gasteiger partial charge in [-0.25, -0.2) is 0 Å². The van der Waals surface area contributed by atoms with Crippen LogP contribution in [0.5, 0.6) is 0 Å². The van der Waals surface area contributed by atoms with Crippen molar-refractivity contribution in [1.29, 1.82) is 0 Å². The van der Waals surface area contributed by atoms with Gasteiger partial charge in [-0.15, -0.1) is 12.4 Å². The van der Waals surface area contributed by atoms with Gasteiger partial charge in [-0.1, -0.05) is 0 Å². The number of rotatable bonds is 3. The normalized spacial score (nSPS) is 29.6. The maximum Gasteiger partial charge on any atom is 0.0541 e. The lowest BCUT2D eigenvalue weighted by atomic mass is 9.91. The lowest BCUT2D eigenvalue weighted by Crippen LogP contribution is -2.43. The number of aliphatic hydroxyl groups is 1. The number of nitrogens with one attached hydrogen (secondary N) is 1. The number of likely N-dealkylation sites (tertiary alicyclic amines) is 1. The molecule has 2 fully saturated rings. The minimum absolute atomic E-state index is 0. The number of hydrogen-bond donors (Lipinski definition) is 2. The van der Waals surface area contributed by atoms with E-state index in [4.69, 9.17) is 0 Å². The summed E-state index contributed by atoms with van der Waals surface area (Å²) in [5, 5.41) is 13.0. The van der Waals surface area contributed by atoms with Crippen LogP contribution in [0.15, 0.2) is 0 Å². The van der Waals surface area contributed by atoms with Crippen molar-refractivity contribution in [2.75, 3.05) is 32.7 Å². The van der Waals surface area contributed by atoms with Crippen LogP contribution in [0, 0.1) is 11.8 Å². The highest BCUT2D eigenvalue weighted by atomic mass is 35.5. The van der Waals surface area contributed by atoms with Crippen LogP contribution in [-0.4, -0.2) is 48.8 Å². The lowest BCUT2D eigenvalue weighted by molar-refractivity contribution is 0.0647. The van der Waals surface area contributed by atoms with Crippen LogP contribution in [0.25, 0.3) is 0 Å². The van der Waals surface area contributed by atoms with Crippen molar-refractivity contribution < 1.29 is 5.11 Å². The van der Waals surface area contributed by atoms with Gasteiger partial charge in [-0.3, -0.25) is 0 Å². The summed E-state index contributed by atoms with van der Waals surface area (Å²) in [6.45, 7) is 7.99. The number of halogens is 1. The van der Waals surface area contributed by atoms with E-state index in [1.807, 2.05) is 6.92 Å². The molecule has 2 unspecified atom stereocenters. The molecule has 0 amide bonds. The van der Waals surface area contributed by atoms with E-state index < -0.39 is 0 Å². The molecule has 17 heavy (non-hydrogen) atoms. The van der Waals surface area contributed by atoms with Crippen molar-refractivity contribution in [3.05, 3.63) is 0 Å². The van der Waals surface area contributed by atoms with E-state index in [-0.39, 0.29) is 18.5 Å². The van der Waals surface area contributed by atoms with Crippen LogP contribution in [0.3, 0.4) is 0 Å². The van der Waals surface area contributed by atoms with Crippen LogP contribution in [0.2, 0.25) is 0 Å². The van der Waals surface area contributed by atoms with Gasteiger partial charge in [-0.05, 0) is 70.6 Å². The maximum atomic E-state index is 9.56. The van der Waals surface area contributed by atoms with Crippen LogP contribution in [0.4, 0.5) is 0 Å². The summed E-state index contributed by atoms with van der Waals surface area (Å²) in [5.41, 5.74) is 0. The van der Waals surface area contributed by atoms with Crippen molar-refractivity contribution in [2.24, 2.45) is 11.8 Å². The highest BCUT2D eigenvalue weighted by Crippen LogP contribution is 2.22. The monoisotopic (exact) mass is 262 g/mol. The molecule has 0 aromatic rings. The van der Waals surface area contributed by atoms with Crippen molar-refractivity contribution in [3.8, 4) is 0 Å². The van der Waals surface area contributed by atoms with E-state index in [0.717, 1.165) is 5.92 Å². The smallest absolute Gasteiger partial charge is 0.0541 e. The van der Waals surface area contributed by atoms with Crippen LogP contribution in [-0.2, 0) is 0 Å². The summed E-state index contributed by atoms with van der Waals surface area (Å²) in [4.78, 5) is 2.59. The molecule has 0 bridgehead atoms. The Bertz CT molecular complexity index is 200. The molecule has 2 heterocycles. The van der Waals surface area contributed by atoms with Gasteiger partial charge in [-0.2, -0.15) is 0 Å². The van der Waals surface area contributed by atoms with Gasteiger partial charge in [0, 0.05) is 6.54 Å². The molecule has 0 aromatic heterocycles. The van der Waals surface area contributed by atoms with Gasteiger partial charge in [0.05, 0.1) is 6.10 Å². The Morgan fingerprint density at radius 2 is 2.00 bits per heavy atom. The van der Waals surface area contributed by atoms with E-state index in [2.05, 4.69) is 10.2 Å². The van der Waals surface area contributed by atoms with Crippen molar-refractivity contribution in [1.82, 2.24) is 10.2 Å².